The summed E-state index contributed by atoms with van der Waals surface area (Å²) in [4.78, 5) is 0. The van der Waals surface area contributed by atoms with Crippen LogP contribution in [0, 0.1) is 0 Å². The van der Waals surface area contributed by atoms with Crippen molar-refractivity contribution in [2.45, 2.75) is 18.4 Å². The molecule has 4 rings (SSSR count). The lowest BCUT2D eigenvalue weighted by Gasteiger charge is -2.31. The van der Waals surface area contributed by atoms with Crippen LogP contribution in [0.4, 0.5) is 0 Å². The molecule has 0 spiro atoms. The largest absolute Gasteiger partial charge is 0.508 e. The van der Waals surface area contributed by atoms with Gasteiger partial charge in [0.25, 0.3) is 0 Å². The summed E-state index contributed by atoms with van der Waals surface area (Å²) < 4.78 is 5.62. The molecule has 0 aromatic heterocycles. The Morgan fingerprint density at radius 3 is 2.95 bits per heavy atom. The van der Waals surface area contributed by atoms with Crippen molar-refractivity contribution < 1.29 is 9.84 Å². The summed E-state index contributed by atoms with van der Waals surface area (Å²) in [7, 11) is 0. The van der Waals surface area contributed by atoms with Crippen molar-refractivity contribution in [2.75, 3.05) is 13.2 Å². The fourth-order valence-corrected chi connectivity index (χ4v) is 3.20. The average Bonchev–Trinajstić information content (AvgIpc) is 2.82. The maximum absolute atomic E-state index is 9.46. The molecule has 2 N–H and O–H groups in total. The molecule has 102 valence electrons. The second kappa shape index (κ2) is 4.53. The van der Waals surface area contributed by atoms with E-state index in [0.717, 1.165) is 17.9 Å². The number of hydrogen-bond acceptors (Lipinski definition) is 3. The molecule has 1 heterocycles. The molecule has 2 atom stereocenters. The topological polar surface area (TPSA) is 41.5 Å². The predicted octanol–water partition coefficient (Wildman–Crippen LogP) is 2.76. The Morgan fingerprint density at radius 1 is 1.15 bits per heavy atom. The summed E-state index contributed by atoms with van der Waals surface area (Å²) in [5.74, 6) is 1.68. The molecule has 0 amide bonds. The highest BCUT2D eigenvalue weighted by Gasteiger charge is 2.28. The quantitative estimate of drug-likeness (QED) is 0.898. The Kier molecular flexibility index (Phi) is 2.67. The van der Waals surface area contributed by atoms with Crippen LogP contribution in [-0.2, 0) is 6.42 Å². The minimum atomic E-state index is 0.235. The van der Waals surface area contributed by atoms with Gasteiger partial charge < -0.3 is 15.2 Å². The zero-order valence-corrected chi connectivity index (χ0v) is 11.2. The summed E-state index contributed by atoms with van der Waals surface area (Å²) in [6.07, 6.45) is 1.17. The third-order valence-electron chi connectivity index (χ3n) is 4.35. The van der Waals surface area contributed by atoms with E-state index in [1.165, 1.54) is 17.5 Å². The van der Waals surface area contributed by atoms with Gasteiger partial charge in [-0.1, -0.05) is 24.3 Å². The third-order valence-corrected chi connectivity index (χ3v) is 4.35. The molecule has 0 radical (unpaired) electrons. The molecule has 3 nitrogen and oxygen atoms in total. The Morgan fingerprint density at radius 2 is 2.05 bits per heavy atom. The van der Waals surface area contributed by atoms with Gasteiger partial charge in [-0.2, -0.15) is 0 Å². The van der Waals surface area contributed by atoms with E-state index in [4.69, 9.17) is 4.74 Å². The first-order valence-corrected chi connectivity index (χ1v) is 7.08. The minimum absolute atomic E-state index is 0.235. The van der Waals surface area contributed by atoms with Crippen molar-refractivity contribution >= 4 is 0 Å². The molecule has 0 saturated carbocycles. The van der Waals surface area contributed by atoms with Crippen molar-refractivity contribution in [3.8, 4) is 11.5 Å². The van der Waals surface area contributed by atoms with Crippen molar-refractivity contribution in [3.63, 3.8) is 0 Å². The first kappa shape index (κ1) is 11.8. The molecular formula is C17H17NO2. The molecule has 1 aliphatic heterocycles. The molecule has 0 saturated heterocycles. The molecule has 2 aromatic carbocycles. The van der Waals surface area contributed by atoms with E-state index in [1.54, 1.807) is 12.1 Å². The van der Waals surface area contributed by atoms with Gasteiger partial charge in [0.05, 0.1) is 6.04 Å². The van der Waals surface area contributed by atoms with Gasteiger partial charge in [-0.3, -0.25) is 0 Å². The van der Waals surface area contributed by atoms with Crippen LogP contribution >= 0.6 is 0 Å². The maximum Gasteiger partial charge on any atom is 0.127 e. The molecule has 1 aliphatic carbocycles. The highest BCUT2D eigenvalue weighted by Crippen LogP contribution is 2.37. The van der Waals surface area contributed by atoms with Crippen molar-refractivity contribution in [1.82, 2.24) is 5.32 Å². The molecule has 3 heteroatoms. The number of hydrogen-bond donors (Lipinski definition) is 2. The SMILES string of the molecule is Oc1ccc2c(c1)OCC2NCC1Cc2ccccc21. The Balaban J connectivity index is 1.43. The van der Waals surface area contributed by atoms with E-state index >= 15 is 0 Å². The van der Waals surface area contributed by atoms with Crippen LogP contribution in [-0.4, -0.2) is 18.3 Å². The zero-order chi connectivity index (χ0) is 13.5. The average molecular weight is 267 g/mol. The summed E-state index contributed by atoms with van der Waals surface area (Å²) in [6, 6.07) is 14.3. The number of rotatable bonds is 3. The standard InChI is InChI=1S/C17H17NO2/c19-13-5-6-15-16(10-20-17(15)8-13)18-9-12-7-11-3-1-2-4-14(11)12/h1-6,8,12,16,18-19H,7,9-10H2. The maximum atomic E-state index is 9.46. The normalized spacial score (nSPS) is 22.6. The van der Waals surface area contributed by atoms with Crippen LogP contribution in [0.1, 0.15) is 28.7 Å². The van der Waals surface area contributed by atoms with Gasteiger partial charge in [0.2, 0.25) is 0 Å². The third kappa shape index (κ3) is 1.86. The summed E-state index contributed by atoms with van der Waals surface area (Å²) in [6.45, 7) is 1.62. The second-order valence-corrected chi connectivity index (χ2v) is 5.59. The number of fused-ring (bicyclic) bond motifs is 2. The Labute approximate surface area is 118 Å². The van der Waals surface area contributed by atoms with Gasteiger partial charge in [-0.15, -0.1) is 0 Å². The van der Waals surface area contributed by atoms with Crippen molar-refractivity contribution in [1.29, 1.82) is 0 Å². The molecule has 2 aliphatic rings. The number of nitrogens with one attached hydrogen (secondary N) is 1. The van der Waals surface area contributed by atoms with E-state index in [1.807, 2.05) is 6.07 Å². The highest BCUT2D eigenvalue weighted by molar-refractivity contribution is 5.45. The fourth-order valence-electron chi connectivity index (χ4n) is 3.20. The monoisotopic (exact) mass is 267 g/mol. The van der Waals surface area contributed by atoms with Crippen molar-refractivity contribution in [2.24, 2.45) is 0 Å². The smallest absolute Gasteiger partial charge is 0.127 e. The molecular weight excluding hydrogens is 250 g/mol. The summed E-state index contributed by atoms with van der Waals surface area (Å²) in [5, 5.41) is 13.1. The Hall–Kier alpha value is -2.00. The first-order chi connectivity index (χ1) is 9.81. The number of aromatic hydroxyl groups is 1. The number of benzene rings is 2. The molecule has 2 aromatic rings. The lowest BCUT2D eigenvalue weighted by molar-refractivity contribution is 0.306. The Bertz CT molecular complexity index is 653. The zero-order valence-electron chi connectivity index (χ0n) is 11.2. The summed E-state index contributed by atoms with van der Waals surface area (Å²) >= 11 is 0. The van der Waals surface area contributed by atoms with Gasteiger partial charge in [0.1, 0.15) is 18.1 Å². The first-order valence-electron chi connectivity index (χ1n) is 7.08. The number of phenols is 1. The van der Waals surface area contributed by atoms with Crippen molar-refractivity contribution in [3.05, 3.63) is 59.2 Å². The molecule has 20 heavy (non-hydrogen) atoms. The molecule has 0 fully saturated rings. The van der Waals surface area contributed by atoms with Crippen LogP contribution in [0.2, 0.25) is 0 Å². The van der Waals surface area contributed by atoms with Crippen LogP contribution < -0.4 is 10.1 Å². The van der Waals surface area contributed by atoms with Gasteiger partial charge >= 0.3 is 0 Å². The van der Waals surface area contributed by atoms with E-state index < -0.39 is 0 Å². The van der Waals surface area contributed by atoms with E-state index in [-0.39, 0.29) is 11.8 Å². The molecule has 0 bridgehead atoms. The summed E-state index contributed by atoms with van der Waals surface area (Å²) in [5.41, 5.74) is 4.10. The van der Waals surface area contributed by atoms with E-state index in [2.05, 4.69) is 29.6 Å². The lowest BCUT2D eigenvalue weighted by atomic mass is 9.77. The van der Waals surface area contributed by atoms with Crippen LogP contribution in [0.5, 0.6) is 11.5 Å². The van der Waals surface area contributed by atoms with E-state index in [9.17, 15) is 5.11 Å². The fraction of sp³-hybridized carbons (Fsp3) is 0.294. The van der Waals surface area contributed by atoms with Crippen LogP contribution in [0.3, 0.4) is 0 Å². The van der Waals surface area contributed by atoms with Gasteiger partial charge in [0.15, 0.2) is 0 Å². The van der Waals surface area contributed by atoms with Crippen LogP contribution in [0.15, 0.2) is 42.5 Å². The van der Waals surface area contributed by atoms with Gasteiger partial charge in [-0.25, -0.2) is 0 Å². The second-order valence-electron chi connectivity index (χ2n) is 5.59. The minimum Gasteiger partial charge on any atom is -0.508 e. The predicted molar refractivity (Wildman–Crippen MR) is 77.2 cm³/mol. The lowest BCUT2D eigenvalue weighted by Crippen LogP contribution is -2.32. The van der Waals surface area contributed by atoms with Crippen LogP contribution in [0.25, 0.3) is 0 Å². The highest BCUT2D eigenvalue weighted by atomic mass is 16.5. The van der Waals surface area contributed by atoms with E-state index in [0.29, 0.717) is 12.5 Å². The van der Waals surface area contributed by atoms with Gasteiger partial charge in [0, 0.05) is 24.1 Å². The van der Waals surface area contributed by atoms with Gasteiger partial charge in [-0.05, 0) is 29.7 Å². The molecule has 2 unspecified atom stereocenters. The number of ether oxygens (including phenoxy) is 1. The number of phenolic OH excluding ortho intramolecular Hbond substituents is 1.